The minimum atomic E-state index is -4.37. The van der Waals surface area contributed by atoms with Crippen LogP contribution in [0.4, 0.5) is 18.3 Å². The Hall–Kier alpha value is -2.93. The van der Waals surface area contributed by atoms with Crippen LogP contribution in [-0.2, 0) is 17.4 Å². The molecular weight excluding hydrogens is 385 g/mol. The van der Waals surface area contributed by atoms with Crippen molar-refractivity contribution in [3.8, 4) is 0 Å². The van der Waals surface area contributed by atoms with Crippen molar-refractivity contribution in [3.63, 3.8) is 0 Å². The lowest BCUT2D eigenvalue weighted by Gasteiger charge is -2.07. The number of thiazole rings is 1. The predicted molar refractivity (Wildman–Crippen MR) is 105 cm³/mol. The second kappa shape index (κ2) is 8.39. The number of carbonyl (C=O) groups is 1. The lowest BCUT2D eigenvalue weighted by molar-refractivity contribution is -0.137. The Kier molecular flexibility index (Phi) is 5.94. The Morgan fingerprint density at radius 3 is 2.64 bits per heavy atom. The molecule has 3 nitrogen and oxygen atoms in total. The number of benzene rings is 2. The number of aryl methyl sites for hydroxylation is 1. The molecule has 1 heterocycles. The molecule has 0 aliphatic heterocycles. The molecular formula is C21H17F3N2OS. The van der Waals surface area contributed by atoms with Gasteiger partial charge >= 0.3 is 6.18 Å². The zero-order valence-electron chi connectivity index (χ0n) is 15.0. The highest BCUT2D eigenvalue weighted by Crippen LogP contribution is 2.30. The number of nitrogens with zero attached hydrogens (tertiary/aromatic N) is 1. The van der Waals surface area contributed by atoms with Crippen molar-refractivity contribution in [2.24, 2.45) is 0 Å². The molecule has 0 spiro atoms. The molecule has 0 bridgehead atoms. The first-order valence-electron chi connectivity index (χ1n) is 8.46. The topological polar surface area (TPSA) is 42.0 Å². The molecule has 7 heteroatoms. The average Bonchev–Trinajstić information content (AvgIpc) is 3.07. The number of nitrogens with one attached hydrogen (secondary N) is 1. The largest absolute Gasteiger partial charge is 0.416 e. The van der Waals surface area contributed by atoms with Crippen molar-refractivity contribution < 1.29 is 18.0 Å². The maximum atomic E-state index is 12.8. The molecule has 1 N–H and O–H groups in total. The molecule has 3 aromatic rings. The molecule has 0 saturated carbocycles. The van der Waals surface area contributed by atoms with E-state index < -0.39 is 11.7 Å². The first-order valence-corrected chi connectivity index (χ1v) is 9.28. The monoisotopic (exact) mass is 402 g/mol. The fraction of sp³-hybridized carbons (Fsp3) is 0.143. The van der Waals surface area contributed by atoms with Gasteiger partial charge in [-0.25, -0.2) is 4.98 Å². The van der Waals surface area contributed by atoms with Crippen molar-refractivity contribution in [2.45, 2.75) is 19.5 Å². The van der Waals surface area contributed by atoms with E-state index in [1.807, 2.05) is 31.2 Å². The number of hydrogen-bond acceptors (Lipinski definition) is 3. The number of rotatable bonds is 5. The van der Waals surface area contributed by atoms with Crippen LogP contribution in [0.1, 0.15) is 27.1 Å². The molecule has 1 amide bonds. The Balaban J connectivity index is 1.61. The van der Waals surface area contributed by atoms with Crippen molar-refractivity contribution in [3.05, 3.63) is 87.9 Å². The van der Waals surface area contributed by atoms with Crippen molar-refractivity contribution in [1.82, 2.24) is 4.98 Å². The summed E-state index contributed by atoms with van der Waals surface area (Å²) in [5.41, 5.74) is 1.91. The molecule has 144 valence electrons. The molecule has 1 aromatic heterocycles. The highest BCUT2D eigenvalue weighted by atomic mass is 32.1. The van der Waals surface area contributed by atoms with Crippen LogP contribution in [0.5, 0.6) is 0 Å². The van der Waals surface area contributed by atoms with Crippen molar-refractivity contribution in [1.29, 1.82) is 0 Å². The standard InChI is InChI=1S/C21H17F3N2OS/c1-14-5-7-15(8-6-14)9-10-19(27)26-20-25-13-18(28-20)12-16-3-2-4-17(11-16)21(22,23)24/h2-11,13H,12H2,1H3,(H,25,26,27)/b10-9+. The normalized spacial score (nSPS) is 11.7. The molecule has 2 aromatic carbocycles. The van der Waals surface area contributed by atoms with Gasteiger partial charge < -0.3 is 0 Å². The van der Waals surface area contributed by atoms with Crippen LogP contribution < -0.4 is 5.32 Å². The number of halogens is 3. The molecule has 3 rings (SSSR count). The average molecular weight is 402 g/mol. The van der Waals surface area contributed by atoms with Crippen LogP contribution in [0.3, 0.4) is 0 Å². The highest BCUT2D eigenvalue weighted by molar-refractivity contribution is 7.15. The van der Waals surface area contributed by atoms with E-state index in [1.54, 1.807) is 18.3 Å². The Morgan fingerprint density at radius 2 is 1.93 bits per heavy atom. The van der Waals surface area contributed by atoms with Gasteiger partial charge in [0.15, 0.2) is 5.13 Å². The lowest BCUT2D eigenvalue weighted by atomic mass is 10.1. The van der Waals surface area contributed by atoms with Gasteiger partial charge in [0.05, 0.1) is 5.56 Å². The third kappa shape index (κ3) is 5.53. The van der Waals surface area contributed by atoms with Crippen LogP contribution in [-0.4, -0.2) is 10.9 Å². The summed E-state index contributed by atoms with van der Waals surface area (Å²) in [5.74, 6) is -0.319. The summed E-state index contributed by atoms with van der Waals surface area (Å²) in [6.45, 7) is 1.99. The van der Waals surface area contributed by atoms with E-state index in [2.05, 4.69) is 10.3 Å². The third-order valence-corrected chi connectivity index (χ3v) is 4.83. The molecule has 0 saturated heterocycles. The zero-order valence-corrected chi connectivity index (χ0v) is 15.8. The Bertz CT molecular complexity index is 991. The predicted octanol–water partition coefficient (Wildman–Crippen LogP) is 5.71. The van der Waals surface area contributed by atoms with E-state index in [9.17, 15) is 18.0 Å². The quantitative estimate of drug-likeness (QED) is 0.555. The first kappa shape index (κ1) is 19.8. The zero-order chi connectivity index (χ0) is 20.1. The van der Waals surface area contributed by atoms with Gasteiger partial charge in [-0.05, 0) is 30.2 Å². The smallest absolute Gasteiger partial charge is 0.298 e. The first-order chi connectivity index (χ1) is 13.3. The second-order valence-electron chi connectivity index (χ2n) is 6.24. The molecule has 0 atom stereocenters. The Morgan fingerprint density at radius 1 is 1.18 bits per heavy atom. The van der Waals surface area contributed by atoms with Crippen molar-refractivity contribution in [2.75, 3.05) is 5.32 Å². The summed E-state index contributed by atoms with van der Waals surface area (Å²) in [6.07, 6.45) is 0.623. The number of amides is 1. The van der Waals surface area contributed by atoms with E-state index in [4.69, 9.17) is 0 Å². The highest BCUT2D eigenvalue weighted by Gasteiger charge is 2.30. The van der Waals surface area contributed by atoms with Gasteiger partial charge in [-0.1, -0.05) is 48.0 Å². The van der Waals surface area contributed by atoms with E-state index >= 15 is 0 Å². The molecule has 0 radical (unpaired) electrons. The molecule has 0 aliphatic rings. The maximum Gasteiger partial charge on any atom is 0.416 e. The summed E-state index contributed by atoms with van der Waals surface area (Å²) in [7, 11) is 0. The number of hydrogen-bond donors (Lipinski definition) is 1. The van der Waals surface area contributed by atoms with Gasteiger partial charge in [0.25, 0.3) is 0 Å². The Labute approximate surface area is 164 Å². The van der Waals surface area contributed by atoms with Crippen LogP contribution in [0.2, 0.25) is 0 Å². The van der Waals surface area contributed by atoms with Gasteiger partial charge in [0.2, 0.25) is 5.91 Å². The van der Waals surface area contributed by atoms with Gasteiger partial charge in [-0.3, -0.25) is 10.1 Å². The fourth-order valence-electron chi connectivity index (χ4n) is 2.50. The third-order valence-electron chi connectivity index (χ3n) is 3.92. The molecule has 0 aliphatic carbocycles. The minimum absolute atomic E-state index is 0.316. The fourth-order valence-corrected chi connectivity index (χ4v) is 3.35. The van der Waals surface area contributed by atoms with Crippen LogP contribution in [0.15, 0.2) is 60.8 Å². The SMILES string of the molecule is Cc1ccc(/C=C/C(=O)Nc2ncc(Cc3cccc(C(F)(F)F)c3)s2)cc1. The van der Waals surface area contributed by atoms with Crippen LogP contribution in [0, 0.1) is 6.92 Å². The molecule has 0 fully saturated rings. The molecule has 28 heavy (non-hydrogen) atoms. The number of aromatic nitrogens is 1. The summed E-state index contributed by atoms with van der Waals surface area (Å²) in [6, 6.07) is 12.9. The van der Waals surface area contributed by atoms with Crippen LogP contribution in [0.25, 0.3) is 6.08 Å². The van der Waals surface area contributed by atoms with E-state index in [0.29, 0.717) is 17.1 Å². The van der Waals surface area contributed by atoms with Gasteiger partial charge in [0, 0.05) is 23.6 Å². The summed E-state index contributed by atoms with van der Waals surface area (Å²) in [5, 5.41) is 3.07. The molecule has 0 unspecified atom stereocenters. The van der Waals surface area contributed by atoms with Gasteiger partial charge in [-0.2, -0.15) is 13.2 Å². The number of alkyl halides is 3. The number of anilines is 1. The number of carbonyl (C=O) groups excluding carboxylic acids is 1. The maximum absolute atomic E-state index is 12.8. The summed E-state index contributed by atoms with van der Waals surface area (Å²) >= 11 is 1.23. The lowest BCUT2D eigenvalue weighted by Crippen LogP contribution is -2.07. The van der Waals surface area contributed by atoms with E-state index in [1.165, 1.54) is 23.5 Å². The minimum Gasteiger partial charge on any atom is -0.298 e. The summed E-state index contributed by atoms with van der Waals surface area (Å²) < 4.78 is 38.4. The van der Waals surface area contributed by atoms with Crippen LogP contribution >= 0.6 is 11.3 Å². The van der Waals surface area contributed by atoms with E-state index in [0.717, 1.165) is 28.1 Å². The second-order valence-corrected chi connectivity index (χ2v) is 7.36. The van der Waals surface area contributed by atoms with Gasteiger partial charge in [-0.15, -0.1) is 11.3 Å². The van der Waals surface area contributed by atoms with E-state index in [-0.39, 0.29) is 5.91 Å². The summed E-state index contributed by atoms with van der Waals surface area (Å²) in [4.78, 5) is 16.9. The van der Waals surface area contributed by atoms with Gasteiger partial charge in [0.1, 0.15) is 0 Å². The van der Waals surface area contributed by atoms with Crippen molar-refractivity contribution >= 4 is 28.5 Å².